The number of nitrogens with one attached hydrogen (secondary N) is 1. The van der Waals surface area contributed by atoms with Crippen molar-refractivity contribution < 1.29 is 14.3 Å². The fourth-order valence-electron chi connectivity index (χ4n) is 2.05. The fourth-order valence-corrected chi connectivity index (χ4v) is 2.22. The van der Waals surface area contributed by atoms with Gasteiger partial charge in [-0.25, -0.2) is 19.1 Å². The van der Waals surface area contributed by atoms with Gasteiger partial charge in [0.05, 0.1) is 12.4 Å². The van der Waals surface area contributed by atoms with Crippen LogP contribution in [0.3, 0.4) is 0 Å². The maximum Gasteiger partial charge on any atom is 0.338 e. The lowest BCUT2D eigenvalue weighted by molar-refractivity contribution is 0.0902. The first kappa shape index (κ1) is 17.4. The number of amides is 3. The van der Waals surface area contributed by atoms with Crippen LogP contribution in [-0.2, 0) is 0 Å². The molecule has 0 aliphatic carbocycles. The molecule has 0 aliphatic rings. The zero-order chi connectivity index (χ0) is 18.4. The lowest BCUT2D eigenvalue weighted by Gasteiger charge is -2.15. The molecule has 0 aliphatic heterocycles. The molecule has 0 spiro atoms. The lowest BCUT2D eigenvalue weighted by atomic mass is 10.2. The van der Waals surface area contributed by atoms with Gasteiger partial charge in [-0.15, -0.1) is 0 Å². The van der Waals surface area contributed by atoms with Crippen molar-refractivity contribution in [2.45, 2.75) is 0 Å². The highest BCUT2D eigenvalue weighted by molar-refractivity contribution is 7.79. The number of hydrogen-bond acceptors (Lipinski definition) is 6. The molecular formula is C18H14N4O3S. The smallest absolute Gasteiger partial charge is 0.338 e. The molecule has 0 atom stereocenters. The van der Waals surface area contributed by atoms with E-state index in [9.17, 15) is 9.59 Å². The summed E-state index contributed by atoms with van der Waals surface area (Å²) >= 11 is 3.98. The number of anilines is 1. The minimum absolute atomic E-state index is 0.367. The molecule has 130 valence electrons. The Hall–Kier alpha value is -3.39. The molecule has 2 aromatic carbocycles. The third-order valence-corrected chi connectivity index (χ3v) is 3.65. The molecule has 26 heavy (non-hydrogen) atoms. The zero-order valence-corrected chi connectivity index (χ0v) is 14.3. The Bertz CT molecular complexity index is 889. The van der Waals surface area contributed by atoms with E-state index in [0.717, 1.165) is 4.31 Å². The van der Waals surface area contributed by atoms with Gasteiger partial charge >= 0.3 is 6.03 Å². The van der Waals surface area contributed by atoms with Crippen molar-refractivity contribution in [1.29, 1.82) is 0 Å². The molecule has 3 aromatic rings. The summed E-state index contributed by atoms with van der Waals surface area (Å²) in [4.78, 5) is 32.1. The van der Waals surface area contributed by atoms with Gasteiger partial charge in [0.1, 0.15) is 12.1 Å². The minimum Gasteiger partial charge on any atom is -0.454 e. The number of imide groups is 1. The predicted octanol–water partition coefficient (Wildman–Crippen LogP) is 3.79. The minimum atomic E-state index is -0.660. The van der Waals surface area contributed by atoms with Gasteiger partial charge in [-0.1, -0.05) is 31.0 Å². The number of aromatic nitrogens is 2. The maximum absolute atomic E-state index is 12.2. The van der Waals surface area contributed by atoms with E-state index in [4.69, 9.17) is 4.74 Å². The van der Waals surface area contributed by atoms with E-state index in [0.29, 0.717) is 22.7 Å². The summed E-state index contributed by atoms with van der Waals surface area (Å²) in [6, 6.07) is 14.4. The normalized spacial score (nSPS) is 10.0. The first-order chi connectivity index (χ1) is 12.6. The Morgan fingerprint density at radius 3 is 2.23 bits per heavy atom. The largest absolute Gasteiger partial charge is 0.454 e. The Morgan fingerprint density at radius 1 is 0.923 bits per heavy atom. The summed E-state index contributed by atoms with van der Waals surface area (Å²) in [5.41, 5.74) is 0.859. The number of ether oxygens (including phenoxy) is 1. The van der Waals surface area contributed by atoms with Crippen molar-refractivity contribution in [3.63, 3.8) is 0 Å². The quantitative estimate of drug-likeness (QED) is 0.686. The molecule has 3 amide bonds. The van der Waals surface area contributed by atoms with E-state index in [1.807, 2.05) is 0 Å². The highest BCUT2D eigenvalue weighted by atomic mass is 32.1. The molecule has 1 aromatic heterocycles. The summed E-state index contributed by atoms with van der Waals surface area (Å²) in [6.45, 7) is 0. The highest BCUT2D eigenvalue weighted by Gasteiger charge is 2.19. The van der Waals surface area contributed by atoms with Gasteiger partial charge < -0.3 is 10.1 Å². The Kier molecular flexibility index (Phi) is 5.45. The number of carbonyl (C=O) groups excluding carboxylic acids is 2. The number of hydrogen-bond donors (Lipinski definition) is 2. The van der Waals surface area contributed by atoms with Gasteiger partial charge in [-0.2, -0.15) is 0 Å². The van der Waals surface area contributed by atoms with Crippen LogP contribution in [-0.4, -0.2) is 26.2 Å². The van der Waals surface area contributed by atoms with Crippen LogP contribution in [0.5, 0.6) is 11.5 Å². The first-order valence-electron chi connectivity index (χ1n) is 7.56. The van der Waals surface area contributed by atoms with Crippen LogP contribution in [0, 0.1) is 0 Å². The summed E-state index contributed by atoms with van der Waals surface area (Å²) in [5.74, 6) is 0.538. The van der Waals surface area contributed by atoms with Crippen molar-refractivity contribution in [2.75, 3.05) is 5.32 Å². The zero-order valence-electron chi connectivity index (χ0n) is 13.4. The van der Waals surface area contributed by atoms with E-state index in [1.165, 1.54) is 18.7 Å². The second-order valence-corrected chi connectivity index (χ2v) is 5.51. The molecule has 1 N–H and O–H groups in total. The van der Waals surface area contributed by atoms with Gasteiger partial charge in [-0.3, -0.25) is 4.79 Å². The van der Waals surface area contributed by atoms with Crippen molar-refractivity contribution >= 4 is 30.4 Å². The summed E-state index contributed by atoms with van der Waals surface area (Å²) in [6.07, 6.45) is 4.48. The number of nitrogens with zero attached hydrogens (tertiary/aromatic N) is 3. The average Bonchev–Trinajstić information content (AvgIpc) is 2.70. The Morgan fingerprint density at radius 2 is 1.58 bits per heavy atom. The molecule has 0 saturated heterocycles. The molecule has 8 heteroatoms. The van der Waals surface area contributed by atoms with Gasteiger partial charge in [0.15, 0.2) is 5.75 Å². The number of benzene rings is 2. The first-order valence-corrected chi connectivity index (χ1v) is 7.96. The number of rotatable bonds is 4. The predicted molar refractivity (Wildman–Crippen MR) is 99.2 cm³/mol. The SMILES string of the molecule is O=C(Nc1ccc(Oc2cncnc2)cc1)N(S)C(=O)c1ccccc1. The third-order valence-electron chi connectivity index (χ3n) is 3.28. The van der Waals surface area contributed by atoms with Crippen LogP contribution in [0.4, 0.5) is 10.5 Å². The fraction of sp³-hybridized carbons (Fsp3) is 0. The monoisotopic (exact) mass is 366 g/mol. The highest BCUT2D eigenvalue weighted by Crippen LogP contribution is 2.22. The second-order valence-electron chi connectivity index (χ2n) is 5.11. The summed E-state index contributed by atoms with van der Waals surface area (Å²) < 4.78 is 6.29. The van der Waals surface area contributed by atoms with Crippen LogP contribution < -0.4 is 10.1 Å². The van der Waals surface area contributed by atoms with Gasteiger partial charge in [0.25, 0.3) is 5.91 Å². The van der Waals surface area contributed by atoms with Gasteiger partial charge in [-0.05, 0) is 36.4 Å². The average molecular weight is 366 g/mol. The maximum atomic E-state index is 12.2. The van der Waals surface area contributed by atoms with Crippen LogP contribution in [0.25, 0.3) is 0 Å². The molecule has 0 saturated carbocycles. The van der Waals surface area contributed by atoms with Crippen molar-refractivity contribution in [1.82, 2.24) is 14.3 Å². The van der Waals surface area contributed by atoms with E-state index in [-0.39, 0.29) is 0 Å². The van der Waals surface area contributed by atoms with Crippen LogP contribution in [0.2, 0.25) is 0 Å². The van der Waals surface area contributed by atoms with E-state index in [1.54, 1.807) is 54.6 Å². The lowest BCUT2D eigenvalue weighted by Crippen LogP contribution is -2.32. The van der Waals surface area contributed by atoms with Crippen molar-refractivity contribution in [3.8, 4) is 11.5 Å². The molecule has 0 fully saturated rings. The summed E-state index contributed by atoms with van der Waals surface area (Å²) in [5, 5.41) is 2.59. The van der Waals surface area contributed by atoms with E-state index in [2.05, 4.69) is 28.1 Å². The molecule has 7 nitrogen and oxygen atoms in total. The molecule has 0 unspecified atom stereocenters. The van der Waals surface area contributed by atoms with E-state index >= 15 is 0 Å². The standard InChI is InChI=1S/C18H14N4O3S/c23-17(13-4-2-1-3-5-13)22(26)18(24)21-14-6-8-15(9-7-14)25-16-10-19-12-20-11-16/h1-12,26H,(H,21,24). The van der Waals surface area contributed by atoms with Crippen LogP contribution in [0.15, 0.2) is 73.3 Å². The molecule has 3 rings (SSSR count). The molecular weight excluding hydrogens is 352 g/mol. The third kappa shape index (κ3) is 4.37. The van der Waals surface area contributed by atoms with E-state index < -0.39 is 11.9 Å². The molecule has 0 radical (unpaired) electrons. The van der Waals surface area contributed by atoms with Crippen molar-refractivity contribution in [3.05, 3.63) is 78.9 Å². The van der Waals surface area contributed by atoms with Crippen LogP contribution >= 0.6 is 12.8 Å². The summed E-state index contributed by atoms with van der Waals surface area (Å²) in [7, 11) is 0. The number of urea groups is 1. The number of thiol groups is 1. The number of carbonyl (C=O) groups is 2. The van der Waals surface area contributed by atoms with Crippen LogP contribution in [0.1, 0.15) is 10.4 Å². The van der Waals surface area contributed by atoms with Gasteiger partial charge in [0, 0.05) is 11.3 Å². The molecule has 0 bridgehead atoms. The Balaban J connectivity index is 1.61. The van der Waals surface area contributed by atoms with Crippen molar-refractivity contribution in [2.24, 2.45) is 0 Å². The molecule has 1 heterocycles. The van der Waals surface area contributed by atoms with Gasteiger partial charge in [0.2, 0.25) is 0 Å². The topological polar surface area (TPSA) is 84.4 Å². The Labute approximate surface area is 155 Å². The second kappa shape index (κ2) is 8.13.